The van der Waals surface area contributed by atoms with E-state index in [1.165, 1.54) is 6.07 Å². The van der Waals surface area contributed by atoms with Crippen LogP contribution in [-0.4, -0.2) is 42.2 Å². The number of ether oxygens (including phenoxy) is 1. The van der Waals surface area contributed by atoms with E-state index in [4.69, 9.17) is 20.9 Å². The zero-order chi connectivity index (χ0) is 19.2. The molecule has 0 radical (unpaired) electrons. The van der Waals surface area contributed by atoms with Crippen molar-refractivity contribution in [3.8, 4) is 5.75 Å². The van der Waals surface area contributed by atoms with Gasteiger partial charge in [-0.1, -0.05) is 11.6 Å². The highest BCUT2D eigenvalue weighted by atomic mass is 35.5. The number of carboxylic acids is 1. The fourth-order valence-electron chi connectivity index (χ4n) is 2.20. The van der Waals surface area contributed by atoms with Gasteiger partial charge in [-0.05, 0) is 45.3 Å². The van der Waals surface area contributed by atoms with Crippen LogP contribution in [0.2, 0.25) is 5.02 Å². The summed E-state index contributed by atoms with van der Waals surface area (Å²) in [6.07, 6.45) is -4.62. The monoisotopic (exact) mass is 380 g/mol. The van der Waals surface area contributed by atoms with E-state index in [-0.39, 0.29) is 10.5 Å². The van der Waals surface area contributed by atoms with Crippen LogP contribution in [0.15, 0.2) is 12.1 Å². The maximum Gasteiger partial charge on any atom is 0.495 e. The lowest BCUT2D eigenvalue weighted by atomic mass is 9.78. The van der Waals surface area contributed by atoms with Crippen molar-refractivity contribution in [2.75, 3.05) is 6.61 Å². The van der Waals surface area contributed by atoms with E-state index in [1.807, 2.05) is 0 Å². The Morgan fingerprint density at radius 2 is 1.76 bits per heavy atom. The van der Waals surface area contributed by atoms with E-state index in [9.17, 15) is 23.1 Å². The number of benzene rings is 1. The van der Waals surface area contributed by atoms with Gasteiger partial charge in [0.15, 0.2) is 6.61 Å². The Balaban J connectivity index is 2.41. The molecule has 25 heavy (non-hydrogen) atoms. The van der Waals surface area contributed by atoms with Gasteiger partial charge in [0.25, 0.3) is 0 Å². The molecule has 1 aliphatic heterocycles. The van der Waals surface area contributed by atoms with Gasteiger partial charge in [-0.3, -0.25) is 0 Å². The van der Waals surface area contributed by atoms with E-state index >= 15 is 0 Å². The molecule has 1 aliphatic rings. The van der Waals surface area contributed by atoms with Crippen LogP contribution >= 0.6 is 11.6 Å². The van der Waals surface area contributed by atoms with Crippen LogP contribution < -0.4 is 10.2 Å². The molecular weight excluding hydrogens is 363 g/mol. The number of carboxylic acid groups (broad SMARTS) is 1. The smallest absolute Gasteiger partial charge is 0.483 e. The van der Waals surface area contributed by atoms with Crippen molar-refractivity contribution in [3.63, 3.8) is 0 Å². The number of hydrogen-bond donors (Lipinski definition) is 1. The van der Waals surface area contributed by atoms with Crippen molar-refractivity contribution < 1.29 is 37.1 Å². The van der Waals surface area contributed by atoms with Gasteiger partial charge in [-0.25, -0.2) is 4.79 Å². The molecule has 0 saturated carbocycles. The van der Waals surface area contributed by atoms with Gasteiger partial charge in [0, 0.05) is 0 Å². The Labute approximate surface area is 148 Å². The predicted molar refractivity (Wildman–Crippen MR) is 85.7 cm³/mol. The van der Waals surface area contributed by atoms with E-state index in [0.717, 1.165) is 6.07 Å². The minimum atomic E-state index is -4.62. The zero-order valence-electron chi connectivity index (χ0n) is 14.0. The summed E-state index contributed by atoms with van der Waals surface area (Å²) in [5, 5.41) is 8.92. The molecule has 1 N–H and O–H groups in total. The molecule has 10 heteroatoms. The quantitative estimate of drug-likeness (QED) is 0.812. The van der Waals surface area contributed by atoms with Crippen molar-refractivity contribution in [1.82, 2.24) is 0 Å². The summed E-state index contributed by atoms with van der Waals surface area (Å²) in [7, 11) is -0.918. The molecule has 5 nitrogen and oxygen atoms in total. The second-order valence-corrected chi connectivity index (χ2v) is 7.08. The number of hydrogen-bond acceptors (Lipinski definition) is 4. The summed E-state index contributed by atoms with van der Waals surface area (Å²) in [4.78, 5) is 11.3. The van der Waals surface area contributed by atoms with Gasteiger partial charge >= 0.3 is 19.3 Å². The van der Waals surface area contributed by atoms with Crippen LogP contribution in [0, 0.1) is 0 Å². The average Bonchev–Trinajstić information content (AvgIpc) is 2.63. The number of halogens is 4. The first-order valence-corrected chi connectivity index (χ1v) is 7.73. The minimum absolute atomic E-state index is 0.267. The standard InChI is InChI=1S/C15H17BClF3O5/c1-13(2)14(3,4)25-16(24-13)8-5-9(17)11(12(21)22)10(6-8)23-7-15(18,19)20/h5-6H,7H2,1-4H3,(H,21,22). The SMILES string of the molecule is CC1(C)OB(c2cc(Cl)c(C(=O)O)c(OCC(F)(F)F)c2)OC1(C)C. The second-order valence-electron chi connectivity index (χ2n) is 6.67. The second kappa shape index (κ2) is 6.37. The molecule has 1 aromatic rings. The fourth-order valence-corrected chi connectivity index (χ4v) is 2.50. The first-order chi connectivity index (χ1) is 11.2. The summed E-state index contributed by atoms with van der Waals surface area (Å²) < 4.78 is 53.5. The molecule has 1 heterocycles. The fraction of sp³-hybridized carbons (Fsp3) is 0.533. The Morgan fingerprint density at radius 3 is 2.20 bits per heavy atom. The van der Waals surface area contributed by atoms with Gasteiger partial charge in [0.1, 0.15) is 11.3 Å². The van der Waals surface area contributed by atoms with E-state index in [0.29, 0.717) is 0 Å². The molecule has 0 unspecified atom stereocenters. The van der Waals surface area contributed by atoms with Gasteiger partial charge < -0.3 is 19.2 Å². The maximum atomic E-state index is 12.4. The van der Waals surface area contributed by atoms with Gasteiger partial charge in [-0.15, -0.1) is 0 Å². The molecule has 1 aromatic carbocycles. The molecule has 0 bridgehead atoms. The number of carbonyl (C=O) groups is 1. The van der Waals surface area contributed by atoms with Gasteiger partial charge in [-0.2, -0.15) is 13.2 Å². The lowest BCUT2D eigenvalue weighted by molar-refractivity contribution is -0.153. The number of alkyl halides is 3. The predicted octanol–water partition coefficient (Wildman–Crippen LogP) is 3.28. The first kappa shape index (κ1) is 19.9. The third-order valence-corrected chi connectivity index (χ3v) is 4.51. The maximum absolute atomic E-state index is 12.4. The van der Waals surface area contributed by atoms with E-state index < -0.39 is 48.4 Å². The number of rotatable bonds is 4. The first-order valence-electron chi connectivity index (χ1n) is 7.35. The van der Waals surface area contributed by atoms with Gasteiger partial charge in [0.05, 0.1) is 16.2 Å². The Hall–Kier alpha value is -1.45. The van der Waals surface area contributed by atoms with E-state index in [1.54, 1.807) is 27.7 Å². The Bertz CT molecular complexity index is 674. The molecule has 0 aromatic heterocycles. The summed E-state index contributed by atoms with van der Waals surface area (Å²) in [6, 6.07) is 2.43. The molecule has 2 rings (SSSR count). The number of aromatic carboxylic acids is 1. The normalized spacial score (nSPS) is 19.1. The van der Waals surface area contributed by atoms with Crippen LogP contribution in [-0.2, 0) is 9.31 Å². The zero-order valence-corrected chi connectivity index (χ0v) is 14.8. The molecule has 1 fully saturated rings. The summed E-state index contributed by atoms with van der Waals surface area (Å²) >= 11 is 5.95. The highest BCUT2D eigenvalue weighted by Gasteiger charge is 2.52. The van der Waals surface area contributed by atoms with Gasteiger partial charge in [0.2, 0.25) is 0 Å². The molecule has 0 atom stereocenters. The Kier molecular flexibility index (Phi) is 5.07. The summed E-state index contributed by atoms with van der Waals surface area (Å²) in [5.74, 6) is -2.00. The highest BCUT2D eigenvalue weighted by Crippen LogP contribution is 2.37. The Morgan fingerprint density at radius 1 is 1.24 bits per heavy atom. The van der Waals surface area contributed by atoms with Crippen LogP contribution in [0.25, 0.3) is 0 Å². The third-order valence-electron chi connectivity index (χ3n) is 4.21. The molecule has 1 saturated heterocycles. The topological polar surface area (TPSA) is 65.0 Å². The van der Waals surface area contributed by atoms with E-state index in [2.05, 4.69) is 4.74 Å². The lowest BCUT2D eigenvalue weighted by Crippen LogP contribution is -2.41. The van der Waals surface area contributed by atoms with Crippen molar-refractivity contribution >= 4 is 30.2 Å². The molecule has 0 spiro atoms. The summed E-state index contributed by atoms with van der Waals surface area (Å²) in [5.41, 5.74) is -1.64. The summed E-state index contributed by atoms with van der Waals surface area (Å²) in [6.45, 7) is 5.58. The van der Waals surface area contributed by atoms with Crippen LogP contribution in [0.5, 0.6) is 5.75 Å². The van der Waals surface area contributed by atoms with Crippen molar-refractivity contribution in [2.24, 2.45) is 0 Å². The molecular formula is C15H17BClF3O5. The third kappa shape index (κ3) is 4.21. The average molecular weight is 381 g/mol. The largest absolute Gasteiger partial charge is 0.495 e. The molecule has 0 amide bonds. The van der Waals surface area contributed by atoms with Crippen molar-refractivity contribution in [3.05, 3.63) is 22.7 Å². The highest BCUT2D eigenvalue weighted by molar-refractivity contribution is 6.62. The van der Waals surface area contributed by atoms with Crippen molar-refractivity contribution in [2.45, 2.75) is 45.1 Å². The van der Waals surface area contributed by atoms with Crippen molar-refractivity contribution in [1.29, 1.82) is 0 Å². The molecule has 0 aliphatic carbocycles. The van der Waals surface area contributed by atoms with Crippen LogP contribution in [0.1, 0.15) is 38.1 Å². The molecule has 138 valence electrons. The lowest BCUT2D eigenvalue weighted by Gasteiger charge is -2.32. The van der Waals surface area contributed by atoms with Crippen LogP contribution in [0.4, 0.5) is 13.2 Å². The minimum Gasteiger partial charge on any atom is -0.483 e. The van der Waals surface area contributed by atoms with Crippen LogP contribution in [0.3, 0.4) is 0 Å².